The second-order valence-electron chi connectivity index (χ2n) is 5.85. The third-order valence-corrected chi connectivity index (χ3v) is 4.78. The molecular formula is C16H22N2S. The summed E-state index contributed by atoms with van der Waals surface area (Å²) < 4.78 is 0. The van der Waals surface area contributed by atoms with Crippen molar-refractivity contribution in [3.05, 3.63) is 35.4 Å². The number of thiol groups is 1. The average Bonchev–Trinajstić information content (AvgIpc) is 2.88. The first-order valence-corrected chi connectivity index (χ1v) is 7.59. The van der Waals surface area contributed by atoms with E-state index in [-0.39, 0.29) is 0 Å². The van der Waals surface area contributed by atoms with E-state index in [1.807, 2.05) is 18.2 Å². The number of hydrogen-bond donors (Lipinski definition) is 1. The summed E-state index contributed by atoms with van der Waals surface area (Å²) in [5.74, 6) is 0.982. The predicted octanol–water partition coefficient (Wildman–Crippen LogP) is 3.48. The van der Waals surface area contributed by atoms with Gasteiger partial charge in [0.15, 0.2) is 0 Å². The van der Waals surface area contributed by atoms with Crippen molar-refractivity contribution in [1.29, 1.82) is 5.26 Å². The van der Waals surface area contributed by atoms with Crippen LogP contribution >= 0.6 is 12.6 Å². The molecule has 0 radical (unpaired) electrons. The van der Waals surface area contributed by atoms with Gasteiger partial charge < -0.3 is 4.90 Å². The molecule has 1 aliphatic carbocycles. The molecule has 3 heteroatoms. The fourth-order valence-corrected chi connectivity index (χ4v) is 3.59. The molecule has 0 heterocycles. The summed E-state index contributed by atoms with van der Waals surface area (Å²) in [6.45, 7) is 2.01. The maximum Gasteiger partial charge on any atom is 0.0991 e. The van der Waals surface area contributed by atoms with Crippen molar-refractivity contribution in [1.82, 2.24) is 4.90 Å². The van der Waals surface area contributed by atoms with Crippen molar-refractivity contribution in [3.8, 4) is 6.07 Å². The summed E-state index contributed by atoms with van der Waals surface area (Å²) in [7, 11) is 2.17. The summed E-state index contributed by atoms with van der Waals surface area (Å²) >= 11 is 4.56. The maximum absolute atomic E-state index is 8.93. The third-order valence-electron chi connectivity index (χ3n) is 4.11. The van der Waals surface area contributed by atoms with E-state index in [2.05, 4.69) is 36.7 Å². The summed E-state index contributed by atoms with van der Waals surface area (Å²) in [4.78, 5) is 2.37. The second kappa shape index (κ2) is 6.45. The second-order valence-corrected chi connectivity index (χ2v) is 6.17. The fourth-order valence-electron chi connectivity index (χ4n) is 3.17. The van der Waals surface area contributed by atoms with E-state index in [9.17, 15) is 0 Å². The highest BCUT2D eigenvalue weighted by Gasteiger charge is 2.33. The van der Waals surface area contributed by atoms with Crippen LogP contribution in [0.25, 0.3) is 0 Å². The standard InChI is InChI=1S/C16H22N2S/c1-18(12-16(13-19)7-2-3-8-16)11-15-6-4-5-14(9-15)10-17/h4-6,9,19H,2-3,7-8,11-13H2,1H3. The van der Waals surface area contributed by atoms with Gasteiger partial charge in [0.1, 0.15) is 0 Å². The number of benzene rings is 1. The molecule has 0 spiro atoms. The van der Waals surface area contributed by atoms with Crippen molar-refractivity contribution in [2.45, 2.75) is 32.2 Å². The molecule has 1 aromatic carbocycles. The van der Waals surface area contributed by atoms with Crippen LogP contribution in [-0.4, -0.2) is 24.2 Å². The largest absolute Gasteiger partial charge is 0.302 e. The number of nitriles is 1. The van der Waals surface area contributed by atoms with Crippen LogP contribution in [0.15, 0.2) is 24.3 Å². The highest BCUT2D eigenvalue weighted by molar-refractivity contribution is 7.80. The maximum atomic E-state index is 8.93. The van der Waals surface area contributed by atoms with E-state index in [0.717, 1.165) is 24.4 Å². The van der Waals surface area contributed by atoms with E-state index in [1.165, 1.54) is 31.2 Å². The zero-order valence-corrected chi connectivity index (χ0v) is 12.5. The number of rotatable bonds is 5. The quantitative estimate of drug-likeness (QED) is 0.832. The topological polar surface area (TPSA) is 27.0 Å². The molecule has 19 heavy (non-hydrogen) atoms. The SMILES string of the molecule is CN(Cc1cccc(C#N)c1)CC1(CS)CCCC1. The van der Waals surface area contributed by atoms with Crippen molar-refractivity contribution in [2.24, 2.45) is 5.41 Å². The van der Waals surface area contributed by atoms with Crippen LogP contribution in [0.5, 0.6) is 0 Å². The Morgan fingerprint density at radius 1 is 1.37 bits per heavy atom. The van der Waals surface area contributed by atoms with Crippen LogP contribution in [0.3, 0.4) is 0 Å². The minimum atomic E-state index is 0.407. The van der Waals surface area contributed by atoms with Gasteiger partial charge in [-0.15, -0.1) is 0 Å². The smallest absolute Gasteiger partial charge is 0.0991 e. The summed E-state index contributed by atoms with van der Waals surface area (Å²) in [5, 5.41) is 8.93. The Labute approximate surface area is 121 Å². The number of nitrogens with zero attached hydrogens (tertiary/aromatic N) is 2. The summed E-state index contributed by atoms with van der Waals surface area (Å²) in [6.07, 6.45) is 5.30. The summed E-state index contributed by atoms with van der Waals surface area (Å²) in [6, 6.07) is 10.1. The first-order valence-electron chi connectivity index (χ1n) is 6.96. The minimum absolute atomic E-state index is 0.407. The van der Waals surface area contributed by atoms with Crippen LogP contribution in [0.4, 0.5) is 0 Å². The van der Waals surface area contributed by atoms with Gasteiger partial charge in [-0.05, 0) is 48.8 Å². The lowest BCUT2D eigenvalue weighted by molar-refractivity contribution is 0.196. The van der Waals surface area contributed by atoms with Crippen LogP contribution in [0.2, 0.25) is 0 Å². The molecule has 0 amide bonds. The number of hydrogen-bond acceptors (Lipinski definition) is 3. The molecule has 1 aliphatic rings. The van der Waals surface area contributed by atoms with Gasteiger partial charge in [-0.1, -0.05) is 25.0 Å². The van der Waals surface area contributed by atoms with E-state index in [4.69, 9.17) is 5.26 Å². The van der Waals surface area contributed by atoms with Crippen molar-refractivity contribution in [3.63, 3.8) is 0 Å². The highest BCUT2D eigenvalue weighted by Crippen LogP contribution is 2.39. The van der Waals surface area contributed by atoms with Gasteiger partial charge in [-0.3, -0.25) is 0 Å². The molecule has 2 rings (SSSR count). The Morgan fingerprint density at radius 2 is 2.11 bits per heavy atom. The Morgan fingerprint density at radius 3 is 2.74 bits per heavy atom. The lowest BCUT2D eigenvalue weighted by Crippen LogP contribution is -2.34. The first-order chi connectivity index (χ1) is 9.17. The Kier molecular flexibility index (Phi) is 4.90. The molecule has 0 aromatic heterocycles. The van der Waals surface area contributed by atoms with Gasteiger partial charge in [0.25, 0.3) is 0 Å². The zero-order chi connectivity index (χ0) is 13.7. The normalized spacial score (nSPS) is 17.6. The molecule has 0 aliphatic heterocycles. The fraction of sp³-hybridized carbons (Fsp3) is 0.562. The van der Waals surface area contributed by atoms with E-state index < -0.39 is 0 Å². The van der Waals surface area contributed by atoms with E-state index in [1.54, 1.807) is 0 Å². The lowest BCUT2D eigenvalue weighted by atomic mass is 9.88. The first kappa shape index (κ1) is 14.4. The molecule has 1 fully saturated rings. The Hall–Kier alpha value is -0.980. The monoisotopic (exact) mass is 274 g/mol. The molecule has 0 bridgehead atoms. The van der Waals surface area contributed by atoms with Crippen molar-refractivity contribution in [2.75, 3.05) is 19.3 Å². The molecule has 0 unspecified atom stereocenters. The van der Waals surface area contributed by atoms with Crippen LogP contribution in [0.1, 0.15) is 36.8 Å². The molecule has 0 atom stereocenters. The zero-order valence-electron chi connectivity index (χ0n) is 11.6. The van der Waals surface area contributed by atoms with E-state index >= 15 is 0 Å². The third kappa shape index (κ3) is 3.75. The van der Waals surface area contributed by atoms with Crippen LogP contribution in [-0.2, 0) is 6.54 Å². The van der Waals surface area contributed by atoms with Gasteiger partial charge in [0.2, 0.25) is 0 Å². The molecule has 1 aromatic rings. The molecular weight excluding hydrogens is 252 g/mol. The van der Waals surface area contributed by atoms with Crippen molar-refractivity contribution >= 4 is 12.6 Å². The molecule has 0 saturated heterocycles. The van der Waals surface area contributed by atoms with Crippen LogP contribution in [0, 0.1) is 16.7 Å². The van der Waals surface area contributed by atoms with Gasteiger partial charge in [-0.2, -0.15) is 17.9 Å². The average molecular weight is 274 g/mol. The van der Waals surface area contributed by atoms with Gasteiger partial charge >= 0.3 is 0 Å². The Balaban J connectivity index is 1.97. The lowest BCUT2D eigenvalue weighted by Gasteiger charge is -2.32. The van der Waals surface area contributed by atoms with Gasteiger partial charge in [-0.25, -0.2) is 0 Å². The predicted molar refractivity (Wildman–Crippen MR) is 82.2 cm³/mol. The molecule has 2 nitrogen and oxygen atoms in total. The summed E-state index contributed by atoms with van der Waals surface area (Å²) in [5.41, 5.74) is 2.37. The van der Waals surface area contributed by atoms with E-state index in [0.29, 0.717) is 5.41 Å². The van der Waals surface area contributed by atoms with Gasteiger partial charge in [0.05, 0.1) is 11.6 Å². The molecule has 102 valence electrons. The Bertz CT molecular complexity index is 458. The van der Waals surface area contributed by atoms with Crippen LogP contribution < -0.4 is 0 Å². The molecule has 0 N–H and O–H groups in total. The highest BCUT2D eigenvalue weighted by atomic mass is 32.1. The van der Waals surface area contributed by atoms with Gasteiger partial charge in [0, 0.05) is 13.1 Å². The molecule has 1 saturated carbocycles. The van der Waals surface area contributed by atoms with Crippen molar-refractivity contribution < 1.29 is 0 Å². The minimum Gasteiger partial charge on any atom is -0.302 e.